The largest absolute Gasteiger partial charge is 0.352 e. The van der Waals surface area contributed by atoms with Crippen molar-refractivity contribution in [3.63, 3.8) is 0 Å². The van der Waals surface area contributed by atoms with Crippen LogP contribution in [0.25, 0.3) is 0 Å². The number of unbranched alkanes of at least 4 members (excludes halogenated alkanes) is 1. The van der Waals surface area contributed by atoms with Gasteiger partial charge in [-0.25, -0.2) is 4.39 Å². The summed E-state index contributed by atoms with van der Waals surface area (Å²) in [4.78, 5) is 11.6. The first kappa shape index (κ1) is 13.5. The summed E-state index contributed by atoms with van der Waals surface area (Å²) in [6.45, 7) is 0.523. The summed E-state index contributed by atoms with van der Waals surface area (Å²) >= 11 is 9.05. The lowest BCUT2D eigenvalue weighted by atomic mass is 10.2. The lowest BCUT2D eigenvalue weighted by Crippen LogP contribution is -2.25. The summed E-state index contributed by atoms with van der Waals surface area (Å²) in [5, 5.41) is 3.66. The molecule has 0 fully saturated rings. The predicted molar refractivity (Wildman–Crippen MR) is 66.8 cm³/mol. The van der Waals surface area contributed by atoms with E-state index in [2.05, 4.69) is 21.2 Å². The maximum Gasteiger partial charge on any atom is 0.255 e. The van der Waals surface area contributed by atoms with Gasteiger partial charge in [-0.3, -0.25) is 4.79 Å². The number of benzene rings is 1. The van der Waals surface area contributed by atoms with Gasteiger partial charge >= 0.3 is 0 Å². The molecule has 0 saturated heterocycles. The summed E-state index contributed by atoms with van der Waals surface area (Å²) in [6.07, 6.45) is 1.81. The SMILES string of the molecule is O=C(NCCCCBr)c1c(F)cccc1Cl. The highest BCUT2D eigenvalue weighted by molar-refractivity contribution is 9.09. The van der Waals surface area contributed by atoms with Crippen molar-refractivity contribution in [2.75, 3.05) is 11.9 Å². The molecule has 2 nitrogen and oxygen atoms in total. The van der Waals surface area contributed by atoms with Gasteiger partial charge in [-0.2, -0.15) is 0 Å². The molecule has 1 amide bonds. The van der Waals surface area contributed by atoms with Crippen molar-refractivity contribution in [1.29, 1.82) is 0 Å². The second-order valence-corrected chi connectivity index (χ2v) is 4.45. The monoisotopic (exact) mass is 307 g/mol. The van der Waals surface area contributed by atoms with Gasteiger partial charge in [-0.1, -0.05) is 33.6 Å². The molecular formula is C11H12BrClFNO. The second kappa shape index (κ2) is 6.86. The predicted octanol–water partition coefficient (Wildman–Crippen LogP) is 3.38. The number of nitrogens with one attached hydrogen (secondary N) is 1. The van der Waals surface area contributed by atoms with Gasteiger partial charge in [0.25, 0.3) is 5.91 Å². The molecule has 1 aromatic carbocycles. The van der Waals surface area contributed by atoms with Crippen LogP contribution in [0.2, 0.25) is 5.02 Å². The topological polar surface area (TPSA) is 29.1 Å². The highest BCUT2D eigenvalue weighted by Crippen LogP contribution is 2.18. The van der Waals surface area contributed by atoms with Gasteiger partial charge in [-0.15, -0.1) is 0 Å². The average Bonchev–Trinajstić information content (AvgIpc) is 2.24. The zero-order chi connectivity index (χ0) is 12.0. The molecule has 0 heterocycles. The van der Waals surface area contributed by atoms with Gasteiger partial charge in [0.1, 0.15) is 5.82 Å². The standard InChI is InChI=1S/C11H12BrClFNO/c12-6-1-2-7-15-11(16)10-8(13)4-3-5-9(10)14/h3-5H,1-2,6-7H2,(H,15,16). The molecule has 0 bridgehead atoms. The number of alkyl halides is 1. The zero-order valence-electron chi connectivity index (χ0n) is 8.60. The van der Waals surface area contributed by atoms with E-state index in [-0.39, 0.29) is 10.6 Å². The minimum Gasteiger partial charge on any atom is -0.352 e. The quantitative estimate of drug-likeness (QED) is 0.656. The molecule has 16 heavy (non-hydrogen) atoms. The molecule has 5 heteroatoms. The minimum atomic E-state index is -0.592. The van der Waals surface area contributed by atoms with E-state index in [0.717, 1.165) is 18.2 Å². The van der Waals surface area contributed by atoms with Crippen molar-refractivity contribution >= 4 is 33.4 Å². The normalized spacial score (nSPS) is 10.2. The fourth-order valence-corrected chi connectivity index (χ4v) is 1.87. The lowest BCUT2D eigenvalue weighted by molar-refractivity contribution is 0.0949. The first-order valence-electron chi connectivity index (χ1n) is 4.95. The van der Waals surface area contributed by atoms with Gasteiger partial charge in [0, 0.05) is 11.9 Å². The molecule has 0 spiro atoms. The molecule has 0 saturated carbocycles. The van der Waals surface area contributed by atoms with E-state index in [4.69, 9.17) is 11.6 Å². The number of hydrogen-bond donors (Lipinski definition) is 1. The maximum absolute atomic E-state index is 13.3. The van der Waals surface area contributed by atoms with Crippen LogP contribution in [0.5, 0.6) is 0 Å². The summed E-state index contributed by atoms with van der Waals surface area (Å²) in [5.74, 6) is -1.05. The zero-order valence-corrected chi connectivity index (χ0v) is 10.9. The Labute approximate surface area is 107 Å². The van der Waals surface area contributed by atoms with Crippen LogP contribution in [0.15, 0.2) is 18.2 Å². The van der Waals surface area contributed by atoms with E-state index in [0.29, 0.717) is 6.54 Å². The van der Waals surface area contributed by atoms with Crippen molar-refractivity contribution in [1.82, 2.24) is 5.32 Å². The van der Waals surface area contributed by atoms with Gasteiger partial charge in [-0.05, 0) is 25.0 Å². The molecule has 0 aromatic heterocycles. The van der Waals surface area contributed by atoms with Crippen molar-refractivity contribution in [2.45, 2.75) is 12.8 Å². The molecule has 0 aliphatic carbocycles. The molecule has 0 unspecified atom stereocenters. The van der Waals surface area contributed by atoms with Gasteiger partial charge < -0.3 is 5.32 Å². The Bertz CT molecular complexity index is 353. The van der Waals surface area contributed by atoms with Gasteiger partial charge in [0.15, 0.2) is 0 Å². The Kier molecular flexibility index (Phi) is 5.77. The Morgan fingerprint density at radius 2 is 2.19 bits per heavy atom. The van der Waals surface area contributed by atoms with Crippen LogP contribution in [0.1, 0.15) is 23.2 Å². The Morgan fingerprint density at radius 3 is 2.81 bits per heavy atom. The summed E-state index contributed by atoms with van der Waals surface area (Å²) in [6, 6.07) is 4.19. The van der Waals surface area contributed by atoms with Crippen LogP contribution < -0.4 is 5.32 Å². The summed E-state index contributed by atoms with van der Waals surface area (Å²) < 4.78 is 13.3. The number of rotatable bonds is 5. The summed E-state index contributed by atoms with van der Waals surface area (Å²) in [5.41, 5.74) is -0.0805. The Hall–Kier alpha value is -0.610. The molecule has 0 atom stereocenters. The molecular weight excluding hydrogens is 296 g/mol. The smallest absolute Gasteiger partial charge is 0.255 e. The molecule has 0 aliphatic rings. The number of carbonyl (C=O) groups excluding carboxylic acids is 1. The van der Waals surface area contributed by atoms with E-state index in [1.807, 2.05) is 0 Å². The molecule has 0 aliphatic heterocycles. The second-order valence-electron chi connectivity index (χ2n) is 3.25. The van der Waals surface area contributed by atoms with Crippen molar-refractivity contribution < 1.29 is 9.18 Å². The fraction of sp³-hybridized carbons (Fsp3) is 0.364. The number of hydrogen-bond acceptors (Lipinski definition) is 1. The molecule has 1 aromatic rings. The van der Waals surface area contributed by atoms with Crippen LogP contribution in [0, 0.1) is 5.82 Å². The minimum absolute atomic E-state index is 0.0805. The molecule has 88 valence electrons. The highest BCUT2D eigenvalue weighted by atomic mass is 79.9. The summed E-state index contributed by atoms with van der Waals surface area (Å²) in [7, 11) is 0. The maximum atomic E-state index is 13.3. The number of halogens is 3. The first-order chi connectivity index (χ1) is 7.66. The molecule has 1 rings (SSSR count). The van der Waals surface area contributed by atoms with Crippen LogP contribution in [0.3, 0.4) is 0 Å². The number of amides is 1. The molecule has 1 N–H and O–H groups in total. The van der Waals surface area contributed by atoms with Crippen LogP contribution in [-0.4, -0.2) is 17.8 Å². The molecule has 0 radical (unpaired) electrons. The van der Waals surface area contributed by atoms with Crippen LogP contribution >= 0.6 is 27.5 Å². The van der Waals surface area contributed by atoms with E-state index in [1.165, 1.54) is 18.2 Å². The van der Waals surface area contributed by atoms with Crippen molar-refractivity contribution in [3.8, 4) is 0 Å². The van der Waals surface area contributed by atoms with Crippen LogP contribution in [-0.2, 0) is 0 Å². The van der Waals surface area contributed by atoms with Gasteiger partial charge in [0.05, 0.1) is 10.6 Å². The third-order valence-electron chi connectivity index (χ3n) is 2.04. The first-order valence-corrected chi connectivity index (χ1v) is 6.45. The van der Waals surface area contributed by atoms with E-state index in [1.54, 1.807) is 0 Å². The van der Waals surface area contributed by atoms with E-state index < -0.39 is 11.7 Å². The van der Waals surface area contributed by atoms with Crippen LogP contribution in [0.4, 0.5) is 4.39 Å². The third kappa shape index (κ3) is 3.76. The highest BCUT2D eigenvalue weighted by Gasteiger charge is 2.14. The average molecular weight is 309 g/mol. The Morgan fingerprint density at radius 1 is 1.44 bits per heavy atom. The fourth-order valence-electron chi connectivity index (χ4n) is 1.22. The van der Waals surface area contributed by atoms with E-state index in [9.17, 15) is 9.18 Å². The van der Waals surface area contributed by atoms with Crippen molar-refractivity contribution in [3.05, 3.63) is 34.6 Å². The number of carbonyl (C=O) groups is 1. The van der Waals surface area contributed by atoms with E-state index >= 15 is 0 Å². The Balaban J connectivity index is 2.59. The lowest BCUT2D eigenvalue weighted by Gasteiger charge is -2.06. The van der Waals surface area contributed by atoms with Gasteiger partial charge in [0.2, 0.25) is 0 Å². The third-order valence-corrected chi connectivity index (χ3v) is 2.91. The van der Waals surface area contributed by atoms with Crippen molar-refractivity contribution in [2.24, 2.45) is 0 Å².